The maximum Gasteiger partial charge on any atom is 1.00 e. The predicted octanol–water partition coefficient (Wildman–Crippen LogP) is 0.645. The van der Waals surface area contributed by atoms with Gasteiger partial charge in [-0.15, -0.1) is 24.5 Å². The van der Waals surface area contributed by atoms with E-state index >= 15 is 0 Å². The van der Waals surface area contributed by atoms with Crippen LogP contribution in [0.5, 0.6) is 5.75 Å². The summed E-state index contributed by atoms with van der Waals surface area (Å²) in [5.41, 5.74) is 0.896. The zero-order valence-corrected chi connectivity index (χ0v) is 14.7. The molecule has 2 aromatic rings. The Kier molecular flexibility index (Phi) is 6.30. The molecule has 22 heavy (non-hydrogen) atoms. The van der Waals surface area contributed by atoms with Crippen LogP contribution in [0.2, 0.25) is 0 Å². The van der Waals surface area contributed by atoms with Crippen molar-refractivity contribution < 1.29 is 61.9 Å². The van der Waals surface area contributed by atoms with Crippen LogP contribution in [-0.4, -0.2) is 19.3 Å². The molecule has 0 fully saturated rings. The largest absolute Gasteiger partial charge is 1.00 e. The fourth-order valence-electron chi connectivity index (χ4n) is 1.57. The van der Waals surface area contributed by atoms with Gasteiger partial charge in [0, 0.05) is 5.56 Å². The number of benzene rings is 1. The van der Waals surface area contributed by atoms with Gasteiger partial charge in [0.15, 0.2) is 0 Å². The van der Waals surface area contributed by atoms with E-state index in [0.29, 0.717) is 11.1 Å². The van der Waals surface area contributed by atoms with Gasteiger partial charge >= 0.3 is 46.2 Å². The molecular weight excluding hydrogens is 354 g/mol. The number of hydrogen-bond donors (Lipinski definition) is 2. The number of rotatable bonds is 4. The minimum absolute atomic E-state index is 0. The van der Waals surface area contributed by atoms with Crippen LogP contribution >= 0.6 is 11.3 Å². The van der Waals surface area contributed by atoms with Gasteiger partial charge in [0.05, 0.1) is 0 Å². The summed E-state index contributed by atoms with van der Waals surface area (Å²) in [6, 6.07) is 6.48. The van der Waals surface area contributed by atoms with Crippen molar-refractivity contribution in [3.05, 3.63) is 35.7 Å². The van der Waals surface area contributed by atoms with Gasteiger partial charge in [0.2, 0.25) is 0 Å². The summed E-state index contributed by atoms with van der Waals surface area (Å²) in [6.07, 6.45) is -4.78. The third-order valence-electron chi connectivity index (χ3n) is 2.29. The number of anilines is 1. The minimum Gasteiger partial charge on any atom is -1.00 e. The molecule has 5 nitrogen and oxygen atoms in total. The second-order valence-electron chi connectivity index (χ2n) is 3.81. The molecule has 1 aromatic carbocycles. The van der Waals surface area contributed by atoms with Crippen molar-refractivity contribution in [2.45, 2.75) is 6.36 Å². The number of nitrogens with one attached hydrogen (secondary N) is 1. The van der Waals surface area contributed by atoms with Crippen LogP contribution in [0.25, 0.3) is 11.1 Å². The smallest absolute Gasteiger partial charge is 1.00 e. The van der Waals surface area contributed by atoms with E-state index in [1.807, 2.05) is 4.72 Å². The summed E-state index contributed by atoms with van der Waals surface area (Å²) in [5.74, 6) is -0.384. The molecular formula is C11H9F3NNaO4S2. The average molecular weight is 363 g/mol. The van der Waals surface area contributed by atoms with Crippen LogP contribution in [0.3, 0.4) is 0 Å². The molecule has 11 heteroatoms. The Balaban J connectivity index is 0.00000242. The molecule has 2 N–H and O–H groups in total. The second-order valence-corrected chi connectivity index (χ2v) is 5.88. The number of ether oxygens (including phenoxy) is 1. The molecule has 1 aromatic heterocycles. The van der Waals surface area contributed by atoms with Gasteiger partial charge in [-0.3, -0.25) is 9.27 Å². The normalized spacial score (nSPS) is 11.6. The summed E-state index contributed by atoms with van der Waals surface area (Å²) >= 11 is 1.02. The van der Waals surface area contributed by atoms with E-state index in [4.69, 9.17) is 4.55 Å². The van der Waals surface area contributed by atoms with E-state index < -0.39 is 16.7 Å². The van der Waals surface area contributed by atoms with E-state index in [1.54, 1.807) is 11.4 Å². The first-order valence-electron chi connectivity index (χ1n) is 5.33. The summed E-state index contributed by atoms with van der Waals surface area (Å²) in [5, 5.41) is 1.73. The summed E-state index contributed by atoms with van der Waals surface area (Å²) in [7, 11) is -4.42. The Bertz CT molecular complexity index is 734. The molecule has 0 spiro atoms. The van der Waals surface area contributed by atoms with Gasteiger partial charge < -0.3 is 6.16 Å². The van der Waals surface area contributed by atoms with Crippen LogP contribution in [0, 0.1) is 0 Å². The topological polar surface area (TPSA) is 75.6 Å². The van der Waals surface area contributed by atoms with Crippen molar-refractivity contribution in [2.24, 2.45) is 0 Å². The van der Waals surface area contributed by atoms with Crippen LogP contribution in [0.1, 0.15) is 1.43 Å². The minimum atomic E-state index is -4.78. The Labute approximate surface area is 151 Å². The molecule has 0 saturated carbocycles. The van der Waals surface area contributed by atoms with E-state index in [-0.39, 0.29) is 41.7 Å². The summed E-state index contributed by atoms with van der Waals surface area (Å²) in [4.78, 5) is 0. The molecule has 0 amide bonds. The van der Waals surface area contributed by atoms with Crippen LogP contribution in [0.15, 0.2) is 35.7 Å². The average Bonchev–Trinajstić information content (AvgIpc) is 2.73. The van der Waals surface area contributed by atoms with Crippen molar-refractivity contribution in [1.29, 1.82) is 0 Å². The number of alkyl halides is 3. The van der Waals surface area contributed by atoms with Crippen molar-refractivity contribution in [2.75, 3.05) is 4.72 Å². The monoisotopic (exact) mass is 363 g/mol. The quantitative estimate of drug-likeness (QED) is 0.618. The third-order valence-corrected chi connectivity index (χ3v) is 3.71. The van der Waals surface area contributed by atoms with E-state index in [0.717, 1.165) is 23.5 Å². The molecule has 2 rings (SSSR count). The van der Waals surface area contributed by atoms with Gasteiger partial charge in [0.25, 0.3) is 0 Å². The molecule has 0 atom stereocenters. The van der Waals surface area contributed by atoms with Crippen LogP contribution in [0.4, 0.5) is 18.2 Å². The first-order valence-corrected chi connectivity index (χ1v) is 7.65. The van der Waals surface area contributed by atoms with Crippen LogP contribution in [-0.2, 0) is 10.3 Å². The van der Waals surface area contributed by atoms with Gasteiger partial charge in [-0.2, -0.15) is 8.42 Å². The van der Waals surface area contributed by atoms with E-state index in [1.165, 1.54) is 12.1 Å². The van der Waals surface area contributed by atoms with Gasteiger partial charge in [-0.05, 0) is 29.1 Å². The first kappa shape index (κ1) is 19.3. The molecule has 1 heterocycles. The third kappa shape index (κ3) is 5.78. The fourth-order valence-corrected chi connectivity index (χ4v) is 3.07. The fraction of sp³-hybridized carbons (Fsp3) is 0.0909. The Hall–Kier alpha value is -0.780. The molecule has 0 radical (unpaired) electrons. The van der Waals surface area contributed by atoms with Crippen molar-refractivity contribution in [3.63, 3.8) is 0 Å². The number of halogens is 3. The Morgan fingerprint density at radius 3 is 2.27 bits per heavy atom. The first-order chi connectivity index (χ1) is 9.64. The van der Waals surface area contributed by atoms with Crippen molar-refractivity contribution >= 4 is 26.6 Å². The molecule has 0 unspecified atom stereocenters. The van der Waals surface area contributed by atoms with Gasteiger partial charge in [-0.1, -0.05) is 12.1 Å². The maximum absolute atomic E-state index is 12.0. The van der Waals surface area contributed by atoms with Gasteiger partial charge in [-0.25, -0.2) is 0 Å². The predicted molar refractivity (Wildman–Crippen MR) is 72.7 cm³/mol. The summed E-state index contributed by atoms with van der Waals surface area (Å²) in [6.45, 7) is 0. The Morgan fingerprint density at radius 2 is 1.77 bits per heavy atom. The van der Waals surface area contributed by atoms with Crippen LogP contribution < -0.4 is 39.0 Å². The van der Waals surface area contributed by atoms with Crippen molar-refractivity contribution in [3.8, 4) is 16.9 Å². The zero-order chi connectivity index (χ0) is 15.7. The SMILES string of the molecule is O=S(=O)(O)Nc1sccc1-c1ccc(OC(F)(F)F)cc1.[H-].[Na+]. The molecule has 0 aliphatic carbocycles. The summed E-state index contributed by atoms with van der Waals surface area (Å²) < 4.78 is 72.1. The number of thiophene rings is 1. The van der Waals surface area contributed by atoms with Crippen molar-refractivity contribution in [1.82, 2.24) is 0 Å². The Morgan fingerprint density at radius 1 is 1.18 bits per heavy atom. The van der Waals surface area contributed by atoms with Gasteiger partial charge in [0.1, 0.15) is 10.8 Å². The molecule has 0 bridgehead atoms. The molecule has 0 aliphatic heterocycles. The maximum atomic E-state index is 12.0. The van der Waals surface area contributed by atoms with E-state index in [9.17, 15) is 21.6 Å². The molecule has 0 saturated heterocycles. The van der Waals surface area contributed by atoms with E-state index in [2.05, 4.69) is 4.74 Å². The standard InChI is InChI=1S/C11H8F3NO4S2.Na.H/c12-11(13,14)19-8-3-1-7(2-4-8)9-5-6-20-10(9)15-21(16,17)18;;/h1-6,15H,(H,16,17,18);;/q;+1;-1. The molecule has 0 aliphatic rings. The molecule has 116 valence electrons. The number of hydrogen-bond acceptors (Lipinski definition) is 4. The second kappa shape index (κ2) is 7.20. The zero-order valence-electron chi connectivity index (χ0n) is 12.1.